The highest BCUT2D eigenvalue weighted by molar-refractivity contribution is 5.95. The number of nitrogens with one attached hydrogen (secondary N) is 1. The molecule has 0 aliphatic carbocycles. The van der Waals surface area contributed by atoms with Gasteiger partial charge in [-0.25, -0.2) is 0 Å². The Hall–Kier alpha value is -1.83. The lowest BCUT2D eigenvalue weighted by Gasteiger charge is -2.26. The van der Waals surface area contributed by atoms with Crippen LogP contribution in [0.1, 0.15) is 26.7 Å². The fourth-order valence-corrected chi connectivity index (χ4v) is 3.21. The summed E-state index contributed by atoms with van der Waals surface area (Å²) in [5.74, 6) is 1.23. The maximum Gasteiger partial charge on any atom is 0.241 e. The van der Waals surface area contributed by atoms with Crippen molar-refractivity contribution in [3.05, 3.63) is 18.2 Å². The summed E-state index contributed by atoms with van der Waals surface area (Å²) in [6.07, 6.45) is 1.63. The van der Waals surface area contributed by atoms with E-state index in [1.54, 1.807) is 25.3 Å². The molecular formula is C20H33N3O4. The van der Waals surface area contributed by atoms with Crippen LogP contribution < -0.4 is 20.5 Å². The summed E-state index contributed by atoms with van der Waals surface area (Å²) in [5.41, 5.74) is 6.80. The zero-order chi connectivity index (χ0) is 19.6. The largest absolute Gasteiger partial charge is 0.493 e. The summed E-state index contributed by atoms with van der Waals surface area (Å²) >= 11 is 0. The number of carbonyl (C=O) groups excluding carboxylic acids is 1. The van der Waals surface area contributed by atoms with E-state index in [1.807, 2.05) is 0 Å². The molecule has 1 aromatic rings. The monoisotopic (exact) mass is 379 g/mol. The topological polar surface area (TPSA) is 86.1 Å². The summed E-state index contributed by atoms with van der Waals surface area (Å²) in [6.45, 7) is 8.94. The second-order valence-electron chi connectivity index (χ2n) is 6.71. The number of likely N-dealkylation sites (N-methyl/N-ethyl adjacent to an activating group) is 1. The molecule has 27 heavy (non-hydrogen) atoms. The van der Waals surface area contributed by atoms with Gasteiger partial charge < -0.3 is 30.2 Å². The van der Waals surface area contributed by atoms with Crippen molar-refractivity contribution in [3.8, 4) is 11.5 Å². The second kappa shape index (κ2) is 11.1. The lowest BCUT2D eigenvalue weighted by Crippen LogP contribution is -2.44. The highest BCUT2D eigenvalue weighted by atomic mass is 16.5. The molecule has 7 heteroatoms. The number of hydrogen-bond donors (Lipinski definition) is 2. The summed E-state index contributed by atoms with van der Waals surface area (Å²) in [7, 11) is 1.60. The van der Waals surface area contributed by atoms with E-state index in [-0.39, 0.29) is 11.8 Å². The summed E-state index contributed by atoms with van der Waals surface area (Å²) in [6, 6.07) is 4.84. The lowest BCUT2D eigenvalue weighted by atomic mass is 9.92. The van der Waals surface area contributed by atoms with Crippen molar-refractivity contribution in [2.75, 3.05) is 51.9 Å². The van der Waals surface area contributed by atoms with Crippen LogP contribution in [0.15, 0.2) is 18.2 Å². The van der Waals surface area contributed by atoms with E-state index in [0.717, 1.165) is 32.5 Å². The molecule has 1 heterocycles. The number of carbonyl (C=O) groups is 1. The number of rotatable bonds is 10. The molecule has 1 unspecified atom stereocenters. The Morgan fingerprint density at radius 3 is 2.63 bits per heavy atom. The van der Waals surface area contributed by atoms with Crippen LogP contribution in [-0.4, -0.2) is 63.4 Å². The predicted molar refractivity (Wildman–Crippen MR) is 106 cm³/mol. The molecule has 1 atom stereocenters. The van der Waals surface area contributed by atoms with Gasteiger partial charge in [0.15, 0.2) is 11.5 Å². The SMILES string of the molecule is CCN(CC)CCOc1cc(NC(=O)C(N)C2CCOCC2)ccc1OC. The smallest absolute Gasteiger partial charge is 0.241 e. The molecule has 2 rings (SSSR count). The molecule has 1 fully saturated rings. The van der Waals surface area contributed by atoms with E-state index in [2.05, 4.69) is 24.1 Å². The van der Waals surface area contributed by atoms with Crippen LogP contribution >= 0.6 is 0 Å². The Kier molecular flexibility index (Phi) is 8.84. The van der Waals surface area contributed by atoms with E-state index >= 15 is 0 Å². The van der Waals surface area contributed by atoms with Crippen LogP contribution in [-0.2, 0) is 9.53 Å². The number of nitrogens with zero attached hydrogens (tertiary/aromatic N) is 1. The van der Waals surface area contributed by atoms with Crippen molar-refractivity contribution >= 4 is 11.6 Å². The Bertz CT molecular complexity index is 587. The molecule has 0 saturated carbocycles. The van der Waals surface area contributed by atoms with Gasteiger partial charge in [-0.1, -0.05) is 13.8 Å². The minimum Gasteiger partial charge on any atom is -0.493 e. The van der Waals surface area contributed by atoms with E-state index in [4.69, 9.17) is 19.9 Å². The Labute approximate surface area is 162 Å². The number of methoxy groups -OCH3 is 1. The van der Waals surface area contributed by atoms with Gasteiger partial charge in [-0.3, -0.25) is 4.79 Å². The predicted octanol–water partition coefficient (Wildman–Crippen LogP) is 2.11. The van der Waals surface area contributed by atoms with Gasteiger partial charge in [0.2, 0.25) is 5.91 Å². The van der Waals surface area contributed by atoms with Crippen molar-refractivity contribution in [1.82, 2.24) is 4.90 Å². The van der Waals surface area contributed by atoms with Crippen LogP contribution in [0.3, 0.4) is 0 Å². The highest BCUT2D eigenvalue weighted by Crippen LogP contribution is 2.30. The molecule has 3 N–H and O–H groups in total. The van der Waals surface area contributed by atoms with E-state index in [1.165, 1.54) is 0 Å². The number of anilines is 1. The van der Waals surface area contributed by atoms with Gasteiger partial charge in [0.25, 0.3) is 0 Å². The van der Waals surface area contributed by atoms with Crippen LogP contribution in [0.2, 0.25) is 0 Å². The molecule has 1 aliphatic heterocycles. The molecule has 152 valence electrons. The first-order chi connectivity index (χ1) is 13.1. The third-order valence-electron chi connectivity index (χ3n) is 5.07. The first kappa shape index (κ1) is 21.5. The number of nitrogens with two attached hydrogens (primary N) is 1. The Balaban J connectivity index is 1.97. The number of amides is 1. The van der Waals surface area contributed by atoms with Gasteiger partial charge in [-0.15, -0.1) is 0 Å². The third-order valence-corrected chi connectivity index (χ3v) is 5.07. The van der Waals surface area contributed by atoms with Crippen LogP contribution in [0.25, 0.3) is 0 Å². The van der Waals surface area contributed by atoms with E-state index in [9.17, 15) is 4.79 Å². The van der Waals surface area contributed by atoms with Crippen molar-refractivity contribution in [1.29, 1.82) is 0 Å². The number of hydrogen-bond acceptors (Lipinski definition) is 6. The fraction of sp³-hybridized carbons (Fsp3) is 0.650. The lowest BCUT2D eigenvalue weighted by molar-refractivity contribution is -0.119. The first-order valence-electron chi connectivity index (χ1n) is 9.76. The third kappa shape index (κ3) is 6.37. The maximum atomic E-state index is 12.5. The van der Waals surface area contributed by atoms with Crippen LogP contribution in [0, 0.1) is 5.92 Å². The summed E-state index contributed by atoms with van der Waals surface area (Å²) in [4.78, 5) is 14.8. The van der Waals surface area contributed by atoms with Crippen LogP contribution in [0.5, 0.6) is 11.5 Å². The van der Waals surface area contributed by atoms with Gasteiger partial charge in [-0.2, -0.15) is 0 Å². The van der Waals surface area contributed by atoms with Crippen molar-refractivity contribution < 1.29 is 19.0 Å². The van der Waals surface area contributed by atoms with Gasteiger partial charge in [0.05, 0.1) is 13.2 Å². The summed E-state index contributed by atoms with van der Waals surface area (Å²) in [5, 5.41) is 2.90. The van der Waals surface area contributed by atoms with Crippen molar-refractivity contribution in [3.63, 3.8) is 0 Å². The quantitative estimate of drug-likeness (QED) is 0.648. The van der Waals surface area contributed by atoms with Crippen molar-refractivity contribution in [2.24, 2.45) is 11.7 Å². The highest BCUT2D eigenvalue weighted by Gasteiger charge is 2.26. The average molecular weight is 380 g/mol. The Morgan fingerprint density at radius 1 is 1.30 bits per heavy atom. The van der Waals surface area contributed by atoms with Gasteiger partial charge in [-0.05, 0) is 44.0 Å². The molecular weight excluding hydrogens is 346 g/mol. The number of benzene rings is 1. The standard InChI is InChI=1S/C20H33N3O4/c1-4-23(5-2)10-13-27-18-14-16(6-7-17(18)25-3)22-20(24)19(21)15-8-11-26-12-9-15/h6-7,14-15,19H,4-5,8-13,21H2,1-3H3,(H,22,24). The number of ether oxygens (including phenoxy) is 3. The molecule has 0 radical (unpaired) electrons. The fourth-order valence-electron chi connectivity index (χ4n) is 3.21. The molecule has 0 spiro atoms. The molecule has 1 amide bonds. The normalized spacial score (nSPS) is 16.2. The minimum atomic E-state index is -0.539. The van der Waals surface area contributed by atoms with Gasteiger partial charge >= 0.3 is 0 Å². The maximum absolute atomic E-state index is 12.5. The zero-order valence-corrected chi connectivity index (χ0v) is 16.7. The molecule has 0 aromatic heterocycles. The Morgan fingerprint density at radius 2 is 2.00 bits per heavy atom. The average Bonchev–Trinajstić information content (AvgIpc) is 2.71. The van der Waals surface area contributed by atoms with E-state index in [0.29, 0.717) is 37.0 Å². The molecule has 1 aromatic carbocycles. The summed E-state index contributed by atoms with van der Waals surface area (Å²) < 4.78 is 16.6. The van der Waals surface area contributed by atoms with Crippen molar-refractivity contribution in [2.45, 2.75) is 32.7 Å². The molecule has 0 bridgehead atoms. The molecule has 1 saturated heterocycles. The second-order valence-corrected chi connectivity index (χ2v) is 6.71. The van der Waals surface area contributed by atoms with Gasteiger partial charge in [0, 0.05) is 31.5 Å². The zero-order valence-electron chi connectivity index (χ0n) is 16.7. The van der Waals surface area contributed by atoms with Gasteiger partial charge in [0.1, 0.15) is 6.61 Å². The van der Waals surface area contributed by atoms with Crippen LogP contribution in [0.4, 0.5) is 5.69 Å². The van der Waals surface area contributed by atoms with E-state index < -0.39 is 6.04 Å². The first-order valence-corrected chi connectivity index (χ1v) is 9.76. The minimum absolute atomic E-state index is 0.154. The molecule has 1 aliphatic rings. The molecule has 7 nitrogen and oxygen atoms in total.